The molecule has 0 bridgehead atoms. The topological polar surface area (TPSA) is 55.6 Å². The van der Waals surface area contributed by atoms with E-state index in [1.807, 2.05) is 18.2 Å². The van der Waals surface area contributed by atoms with Crippen LogP contribution in [0.2, 0.25) is 0 Å². The van der Waals surface area contributed by atoms with Crippen LogP contribution in [0, 0.1) is 10.1 Å². The minimum Gasteiger partial charge on any atom is -0.496 e. The molecule has 5 nitrogen and oxygen atoms in total. The van der Waals surface area contributed by atoms with Crippen LogP contribution in [-0.4, -0.2) is 37.1 Å². The normalized spacial score (nSPS) is 14.9. The molecule has 1 aliphatic rings. The molecule has 0 atom stereocenters. The van der Waals surface area contributed by atoms with Gasteiger partial charge in [0.1, 0.15) is 5.75 Å². The number of likely N-dealkylation sites (N-methyl/N-ethyl adjacent to an activating group) is 1. The zero-order chi connectivity index (χ0) is 16.4. The summed E-state index contributed by atoms with van der Waals surface area (Å²) in [6.45, 7) is 1.93. The fraction of sp³-hybridized carbons (Fsp3) is 0.333. The second-order valence-electron chi connectivity index (χ2n) is 5.86. The molecule has 0 unspecified atom stereocenters. The van der Waals surface area contributed by atoms with E-state index in [2.05, 4.69) is 18.0 Å². The first-order valence-electron chi connectivity index (χ1n) is 7.73. The van der Waals surface area contributed by atoms with Crippen LogP contribution in [0.4, 0.5) is 5.69 Å². The fourth-order valence-electron chi connectivity index (χ4n) is 3.22. The van der Waals surface area contributed by atoms with Gasteiger partial charge in [0, 0.05) is 24.7 Å². The lowest BCUT2D eigenvalue weighted by Gasteiger charge is -2.17. The number of hydrogen-bond acceptors (Lipinski definition) is 4. The van der Waals surface area contributed by atoms with E-state index in [0.29, 0.717) is 11.3 Å². The minimum atomic E-state index is -0.322. The van der Waals surface area contributed by atoms with Gasteiger partial charge in [-0.3, -0.25) is 10.1 Å². The van der Waals surface area contributed by atoms with Crippen LogP contribution >= 0.6 is 0 Å². The third kappa shape index (κ3) is 2.92. The predicted molar refractivity (Wildman–Crippen MR) is 90.0 cm³/mol. The first-order chi connectivity index (χ1) is 11.1. The highest BCUT2D eigenvalue weighted by molar-refractivity contribution is 5.82. The molecular formula is C18H20N2O3. The van der Waals surface area contributed by atoms with E-state index >= 15 is 0 Å². The molecule has 0 amide bonds. The van der Waals surface area contributed by atoms with Gasteiger partial charge in [-0.05, 0) is 43.1 Å². The summed E-state index contributed by atoms with van der Waals surface area (Å²) >= 11 is 0. The monoisotopic (exact) mass is 312 g/mol. The van der Waals surface area contributed by atoms with E-state index in [9.17, 15) is 10.1 Å². The minimum absolute atomic E-state index is 0.122. The second-order valence-corrected chi connectivity index (χ2v) is 5.86. The third-order valence-corrected chi connectivity index (χ3v) is 4.47. The summed E-state index contributed by atoms with van der Waals surface area (Å²) in [6.07, 6.45) is 1.81. The van der Waals surface area contributed by atoms with Gasteiger partial charge < -0.3 is 9.64 Å². The predicted octanol–water partition coefficient (Wildman–Crippen LogP) is 3.30. The molecule has 0 radical (unpaired) electrons. The molecule has 1 aliphatic heterocycles. The van der Waals surface area contributed by atoms with E-state index in [1.165, 1.54) is 11.1 Å². The van der Waals surface area contributed by atoms with E-state index in [-0.39, 0.29) is 10.6 Å². The van der Waals surface area contributed by atoms with Gasteiger partial charge in [0.25, 0.3) is 5.69 Å². The summed E-state index contributed by atoms with van der Waals surface area (Å²) in [5.41, 5.74) is 4.05. The molecule has 0 saturated carbocycles. The largest absolute Gasteiger partial charge is 0.496 e. The lowest BCUT2D eigenvalue weighted by molar-refractivity contribution is -0.384. The van der Waals surface area contributed by atoms with Gasteiger partial charge in [0.15, 0.2) is 0 Å². The number of fused-ring (bicyclic) bond motifs is 1. The number of rotatable bonds is 3. The van der Waals surface area contributed by atoms with Gasteiger partial charge in [0.2, 0.25) is 0 Å². The van der Waals surface area contributed by atoms with Crippen molar-refractivity contribution >= 4 is 5.69 Å². The molecular weight excluding hydrogens is 292 g/mol. The third-order valence-electron chi connectivity index (χ3n) is 4.47. The maximum atomic E-state index is 11.4. The van der Waals surface area contributed by atoms with Gasteiger partial charge in [-0.2, -0.15) is 0 Å². The van der Waals surface area contributed by atoms with Crippen molar-refractivity contribution in [3.63, 3.8) is 0 Å². The van der Waals surface area contributed by atoms with Crippen molar-refractivity contribution in [3.05, 3.63) is 57.6 Å². The Hall–Kier alpha value is -2.40. The van der Waals surface area contributed by atoms with Crippen LogP contribution in [0.1, 0.15) is 11.1 Å². The van der Waals surface area contributed by atoms with Crippen molar-refractivity contribution in [2.45, 2.75) is 12.8 Å². The molecule has 3 rings (SSSR count). The Labute approximate surface area is 135 Å². The Bertz CT molecular complexity index is 743. The van der Waals surface area contributed by atoms with Crippen molar-refractivity contribution in [2.75, 3.05) is 27.2 Å². The highest BCUT2D eigenvalue weighted by atomic mass is 16.6. The van der Waals surface area contributed by atoms with E-state index in [0.717, 1.165) is 31.5 Å². The average molecular weight is 312 g/mol. The molecule has 23 heavy (non-hydrogen) atoms. The van der Waals surface area contributed by atoms with Crippen molar-refractivity contribution in [1.29, 1.82) is 0 Å². The van der Waals surface area contributed by atoms with E-state index in [4.69, 9.17) is 4.74 Å². The van der Waals surface area contributed by atoms with Gasteiger partial charge in [0.05, 0.1) is 17.6 Å². The fourth-order valence-corrected chi connectivity index (χ4v) is 3.22. The average Bonchev–Trinajstić information content (AvgIpc) is 2.76. The number of para-hydroxylation sites is 1. The second kappa shape index (κ2) is 6.38. The lowest BCUT2D eigenvalue weighted by atomic mass is 9.91. The van der Waals surface area contributed by atoms with Gasteiger partial charge >= 0.3 is 0 Å². The molecule has 0 N–H and O–H groups in total. The zero-order valence-electron chi connectivity index (χ0n) is 13.4. The molecule has 1 heterocycles. The number of ether oxygens (including phenoxy) is 1. The van der Waals surface area contributed by atoms with Crippen LogP contribution < -0.4 is 4.74 Å². The first kappa shape index (κ1) is 15.5. The number of benzene rings is 2. The van der Waals surface area contributed by atoms with Crippen LogP contribution in [0.3, 0.4) is 0 Å². The molecule has 0 aliphatic carbocycles. The van der Waals surface area contributed by atoms with Crippen LogP contribution in [0.5, 0.6) is 5.75 Å². The molecule has 0 fully saturated rings. The summed E-state index contributed by atoms with van der Waals surface area (Å²) in [5, 5.41) is 11.4. The number of nitrogens with zero attached hydrogens (tertiary/aromatic N) is 2. The Kier molecular flexibility index (Phi) is 4.30. The van der Waals surface area contributed by atoms with Crippen molar-refractivity contribution in [3.8, 4) is 16.9 Å². The summed E-state index contributed by atoms with van der Waals surface area (Å²) in [7, 11) is 3.72. The summed E-state index contributed by atoms with van der Waals surface area (Å²) in [6, 6.07) is 10.9. The molecule has 5 heteroatoms. The van der Waals surface area contributed by atoms with Crippen molar-refractivity contribution in [2.24, 2.45) is 0 Å². The maximum Gasteiger partial charge on any atom is 0.277 e. The van der Waals surface area contributed by atoms with Crippen molar-refractivity contribution < 1.29 is 9.66 Å². The SMILES string of the molecule is COc1ccc2c(c1-c1ccccc1[N+](=O)[O-])CCN(C)CC2. The summed E-state index contributed by atoms with van der Waals surface area (Å²) < 4.78 is 5.53. The van der Waals surface area contributed by atoms with Crippen molar-refractivity contribution in [1.82, 2.24) is 4.90 Å². The number of methoxy groups -OCH3 is 1. The van der Waals surface area contributed by atoms with Crippen LogP contribution in [0.25, 0.3) is 11.1 Å². The highest BCUT2D eigenvalue weighted by Gasteiger charge is 2.24. The van der Waals surface area contributed by atoms with Crippen LogP contribution in [0.15, 0.2) is 36.4 Å². The van der Waals surface area contributed by atoms with Crippen LogP contribution in [-0.2, 0) is 12.8 Å². The van der Waals surface area contributed by atoms with Gasteiger partial charge in [-0.15, -0.1) is 0 Å². The molecule has 0 aromatic heterocycles. The highest BCUT2D eigenvalue weighted by Crippen LogP contribution is 2.41. The quantitative estimate of drug-likeness (QED) is 0.644. The maximum absolute atomic E-state index is 11.4. The molecule has 0 spiro atoms. The van der Waals surface area contributed by atoms with Gasteiger partial charge in [-0.25, -0.2) is 0 Å². The standard InChI is InChI=1S/C18H20N2O3/c1-19-11-9-13-7-8-17(23-2)18(14(13)10-12-19)15-5-3-4-6-16(15)20(21)22/h3-8H,9-12H2,1-2H3. The molecule has 2 aromatic rings. The molecule has 2 aromatic carbocycles. The molecule has 0 saturated heterocycles. The van der Waals surface area contributed by atoms with Gasteiger partial charge in [-0.1, -0.05) is 18.2 Å². The summed E-state index contributed by atoms with van der Waals surface area (Å²) in [5.74, 6) is 0.697. The summed E-state index contributed by atoms with van der Waals surface area (Å²) in [4.78, 5) is 13.4. The first-order valence-corrected chi connectivity index (χ1v) is 7.73. The van der Waals surface area contributed by atoms with E-state index in [1.54, 1.807) is 19.2 Å². The Morgan fingerprint density at radius 2 is 1.87 bits per heavy atom. The van der Waals surface area contributed by atoms with E-state index < -0.39 is 0 Å². The Balaban J connectivity index is 2.25. The Morgan fingerprint density at radius 1 is 1.13 bits per heavy atom. The lowest BCUT2D eigenvalue weighted by Crippen LogP contribution is -2.20. The number of nitro benzene ring substituents is 1. The smallest absolute Gasteiger partial charge is 0.277 e. The number of hydrogen-bond donors (Lipinski definition) is 0. The number of nitro groups is 1. The zero-order valence-corrected chi connectivity index (χ0v) is 13.4. The molecule has 120 valence electrons. The Morgan fingerprint density at radius 3 is 2.61 bits per heavy atom.